The van der Waals surface area contributed by atoms with Crippen LogP contribution in [0.5, 0.6) is 11.5 Å². The Morgan fingerprint density at radius 3 is 1.27 bits per heavy atom. The van der Waals surface area contributed by atoms with Crippen molar-refractivity contribution in [2.45, 2.75) is 104 Å². The van der Waals surface area contributed by atoms with Crippen LogP contribution in [0.25, 0.3) is 0 Å². The van der Waals surface area contributed by atoms with Crippen molar-refractivity contribution in [3.63, 3.8) is 0 Å². The molecule has 0 spiro atoms. The fourth-order valence-electron chi connectivity index (χ4n) is 3.93. The molecule has 0 saturated carbocycles. The molecule has 0 aliphatic rings. The van der Waals surface area contributed by atoms with Gasteiger partial charge in [-0.1, -0.05) is 114 Å². The van der Waals surface area contributed by atoms with Gasteiger partial charge in [-0.2, -0.15) is 0 Å². The molecule has 0 aliphatic heterocycles. The molecule has 0 aromatic heterocycles. The van der Waals surface area contributed by atoms with Crippen molar-refractivity contribution in [1.82, 2.24) is 0 Å². The molecule has 0 heterocycles. The third kappa shape index (κ3) is 14.1. The molecule has 0 atom stereocenters. The summed E-state index contributed by atoms with van der Waals surface area (Å²) in [6.45, 7) is 4.30. The maximum Gasteiger partial charge on any atom is 0.130 e. The second-order valence-corrected chi connectivity index (χ2v) is 8.80. The molecule has 0 fully saturated rings. The van der Waals surface area contributed by atoms with E-state index in [1.807, 2.05) is 0 Å². The van der Waals surface area contributed by atoms with Crippen molar-refractivity contribution in [3.05, 3.63) is 59.7 Å². The zero-order chi connectivity index (χ0) is 24.0. The Morgan fingerprint density at radius 2 is 0.879 bits per heavy atom. The summed E-state index contributed by atoms with van der Waals surface area (Å²) in [4.78, 5) is 0. The molecule has 3 heteroatoms. The Bertz CT molecular complexity index is 639. The van der Waals surface area contributed by atoms with Crippen LogP contribution in [0.3, 0.4) is 0 Å². The van der Waals surface area contributed by atoms with E-state index in [4.69, 9.17) is 14.9 Å². The molecule has 33 heavy (non-hydrogen) atoms. The summed E-state index contributed by atoms with van der Waals surface area (Å²) in [6.07, 6.45) is 18.2. The van der Waals surface area contributed by atoms with E-state index >= 15 is 0 Å². The second kappa shape index (κ2) is 20.7. The summed E-state index contributed by atoms with van der Waals surface area (Å²) in [5, 5.41) is 15.2. The van der Waals surface area contributed by atoms with Crippen molar-refractivity contribution in [2.75, 3.05) is 13.2 Å². The summed E-state index contributed by atoms with van der Waals surface area (Å²) >= 11 is 0. The Hall–Kier alpha value is -1.84. The van der Waals surface area contributed by atoms with Crippen LogP contribution in [0.15, 0.2) is 48.5 Å². The zero-order valence-corrected chi connectivity index (χ0v) is 21.2. The minimum atomic E-state index is -0.125. The van der Waals surface area contributed by atoms with E-state index in [9.17, 15) is 0 Å². The van der Waals surface area contributed by atoms with Gasteiger partial charge in [0.2, 0.25) is 0 Å². The monoisotopic (exact) mass is 456 g/mol. The fraction of sp³-hybridized carbons (Fsp3) is 0.600. The average molecular weight is 457 g/mol. The van der Waals surface area contributed by atoms with Crippen molar-refractivity contribution in [2.24, 2.45) is 0 Å². The van der Waals surface area contributed by atoms with Gasteiger partial charge >= 0.3 is 0 Å². The van der Waals surface area contributed by atoms with Gasteiger partial charge in [0.15, 0.2) is 0 Å². The van der Waals surface area contributed by atoms with Gasteiger partial charge in [0.1, 0.15) is 11.5 Å². The van der Waals surface area contributed by atoms with E-state index in [1.54, 1.807) is 0 Å². The maximum absolute atomic E-state index is 7.62. The van der Waals surface area contributed by atoms with Crippen LogP contribution < -0.4 is 4.74 Å². The number of hydrogen-bond donors (Lipinski definition) is 2. The SMILES string of the molecule is CCCCCCCCc1ccccc1Oc1ccccc1CCCCCCCC.OCCO. The van der Waals surface area contributed by atoms with Gasteiger partial charge in [-0.15, -0.1) is 0 Å². The number of ether oxygens (including phenoxy) is 1. The van der Waals surface area contributed by atoms with E-state index in [1.165, 1.54) is 88.2 Å². The summed E-state index contributed by atoms with van der Waals surface area (Å²) in [5.74, 6) is 2.08. The lowest BCUT2D eigenvalue weighted by molar-refractivity contribution is 0.186. The number of benzene rings is 2. The van der Waals surface area contributed by atoms with Gasteiger partial charge in [0.25, 0.3) is 0 Å². The topological polar surface area (TPSA) is 49.7 Å². The summed E-state index contributed by atoms with van der Waals surface area (Å²) in [5.41, 5.74) is 2.69. The van der Waals surface area contributed by atoms with Crippen molar-refractivity contribution in [3.8, 4) is 11.5 Å². The first kappa shape index (κ1) is 29.2. The third-order valence-electron chi connectivity index (χ3n) is 5.86. The normalized spacial score (nSPS) is 10.5. The third-order valence-corrected chi connectivity index (χ3v) is 5.86. The van der Waals surface area contributed by atoms with Crippen molar-refractivity contribution >= 4 is 0 Å². The minimum Gasteiger partial charge on any atom is -0.457 e. The maximum atomic E-state index is 7.62. The summed E-state index contributed by atoms with van der Waals surface area (Å²) in [6, 6.07) is 17.2. The number of unbranched alkanes of at least 4 members (excludes halogenated alkanes) is 10. The van der Waals surface area contributed by atoms with E-state index in [0.29, 0.717) is 0 Å². The molecule has 3 nitrogen and oxygen atoms in total. The lowest BCUT2D eigenvalue weighted by Crippen LogP contribution is -1.96. The fourth-order valence-corrected chi connectivity index (χ4v) is 3.93. The highest BCUT2D eigenvalue weighted by Crippen LogP contribution is 2.30. The predicted molar refractivity (Wildman–Crippen MR) is 141 cm³/mol. The first-order valence-corrected chi connectivity index (χ1v) is 13.3. The van der Waals surface area contributed by atoms with Crippen LogP contribution in [0.1, 0.15) is 102 Å². The number of hydrogen-bond acceptors (Lipinski definition) is 3. The largest absolute Gasteiger partial charge is 0.457 e. The van der Waals surface area contributed by atoms with Gasteiger partial charge in [-0.25, -0.2) is 0 Å². The highest BCUT2D eigenvalue weighted by atomic mass is 16.5. The standard InChI is InChI=1S/C28H42O.C2H6O2/c1-3-5-7-9-11-13-19-25-21-15-17-23-27(25)29-28-24-18-16-22-26(28)20-14-12-10-8-6-4-2;3-1-2-4/h15-18,21-24H,3-14,19-20H2,1-2H3;3-4H,1-2H2. The Morgan fingerprint density at radius 1 is 0.515 bits per heavy atom. The molecule has 2 N–H and O–H groups in total. The zero-order valence-electron chi connectivity index (χ0n) is 21.2. The minimum absolute atomic E-state index is 0.125. The van der Waals surface area contributed by atoms with Crippen LogP contribution in [0, 0.1) is 0 Å². The van der Waals surface area contributed by atoms with Crippen molar-refractivity contribution < 1.29 is 14.9 Å². The molecule has 186 valence electrons. The van der Waals surface area contributed by atoms with Crippen LogP contribution in [-0.4, -0.2) is 23.4 Å². The summed E-state index contributed by atoms with van der Waals surface area (Å²) in [7, 11) is 0. The molecule has 0 bridgehead atoms. The average Bonchev–Trinajstić information content (AvgIpc) is 2.85. The molecule has 0 aliphatic carbocycles. The number of aliphatic hydroxyl groups is 2. The van der Waals surface area contributed by atoms with Crippen molar-refractivity contribution in [1.29, 1.82) is 0 Å². The van der Waals surface area contributed by atoms with Gasteiger partial charge < -0.3 is 14.9 Å². The van der Waals surface area contributed by atoms with Crippen LogP contribution in [0.2, 0.25) is 0 Å². The molecule has 0 saturated heterocycles. The van der Waals surface area contributed by atoms with Crippen LogP contribution in [-0.2, 0) is 12.8 Å². The first-order valence-electron chi connectivity index (χ1n) is 13.3. The van der Waals surface area contributed by atoms with E-state index in [-0.39, 0.29) is 13.2 Å². The molecule has 0 amide bonds. The molecular weight excluding hydrogens is 408 g/mol. The van der Waals surface area contributed by atoms with E-state index in [0.717, 1.165) is 24.3 Å². The van der Waals surface area contributed by atoms with Crippen LogP contribution in [0.4, 0.5) is 0 Å². The Kier molecular flexibility index (Phi) is 18.4. The highest BCUT2D eigenvalue weighted by molar-refractivity contribution is 5.41. The molecule has 0 unspecified atom stereocenters. The number of aryl methyl sites for hydroxylation is 2. The lowest BCUT2D eigenvalue weighted by Gasteiger charge is -2.14. The van der Waals surface area contributed by atoms with Crippen LogP contribution >= 0.6 is 0 Å². The molecular formula is C30H48O3. The van der Waals surface area contributed by atoms with Gasteiger partial charge in [0.05, 0.1) is 13.2 Å². The van der Waals surface area contributed by atoms with Gasteiger partial charge in [0, 0.05) is 0 Å². The molecule has 2 aromatic carbocycles. The predicted octanol–water partition coefficient (Wildman–Crippen LogP) is 8.26. The van der Waals surface area contributed by atoms with E-state index < -0.39 is 0 Å². The Labute approximate surface area is 203 Å². The van der Waals surface area contributed by atoms with E-state index in [2.05, 4.69) is 62.4 Å². The number of aliphatic hydroxyl groups excluding tert-OH is 2. The second-order valence-electron chi connectivity index (χ2n) is 8.80. The van der Waals surface area contributed by atoms with Gasteiger partial charge in [-0.3, -0.25) is 0 Å². The number of rotatable bonds is 17. The lowest BCUT2D eigenvalue weighted by atomic mass is 10.0. The smallest absolute Gasteiger partial charge is 0.130 e. The molecule has 2 rings (SSSR count). The molecule has 0 radical (unpaired) electrons. The summed E-state index contributed by atoms with van der Waals surface area (Å²) < 4.78 is 6.43. The quantitative estimate of drug-likeness (QED) is 0.236. The first-order chi connectivity index (χ1) is 16.3. The number of para-hydroxylation sites is 2. The van der Waals surface area contributed by atoms with Gasteiger partial charge in [-0.05, 0) is 48.9 Å². The Balaban J connectivity index is 0.00000125. The molecule has 2 aromatic rings. The highest BCUT2D eigenvalue weighted by Gasteiger charge is 2.08.